The lowest BCUT2D eigenvalue weighted by atomic mass is 9.97. The predicted octanol–water partition coefficient (Wildman–Crippen LogP) is 7.90. The number of rotatable bonds is 1. The quantitative estimate of drug-likeness (QED) is 0.194. The topological polar surface area (TPSA) is 87.1 Å². The first-order chi connectivity index (χ1) is 22.2. The van der Waals surface area contributed by atoms with Gasteiger partial charge in [-0.05, 0) is 73.9 Å². The molecule has 1 aliphatic rings. The third kappa shape index (κ3) is 5.35. The largest absolute Gasteiger partial charge is 0.493 e. The summed E-state index contributed by atoms with van der Waals surface area (Å²) in [5, 5.41) is 23.8. The molecular formula is C36H36ClN5O3S. The third-order valence-corrected chi connectivity index (χ3v) is 10.4. The summed E-state index contributed by atoms with van der Waals surface area (Å²) in [5.74, 6) is 1.30. The second-order valence-electron chi connectivity index (χ2n) is 12.0. The highest BCUT2D eigenvalue weighted by Gasteiger charge is 2.27. The standard InChI is InChI=1S/C36H36ClN5O3S/c1-21-32-30-13-12-28(37)34(32)33-22(2)40(3)39-29(33)20-46-19-25-18-26(41(4)38-25)11-10-23-16-24-8-5-6-9-27(24)31(17-23)45-15-7-14-42(30)35(21)36(43)44/h5-6,8-9,12-13,16-18H,7,10-11,14-15,19-20H2,1-4H3,(H,43,44). The van der Waals surface area contributed by atoms with Crippen molar-refractivity contribution in [1.82, 2.24) is 24.1 Å². The van der Waals surface area contributed by atoms with Crippen molar-refractivity contribution < 1.29 is 14.6 Å². The molecule has 0 unspecified atom stereocenters. The number of hydrogen-bond donors (Lipinski definition) is 1. The molecule has 4 heterocycles. The van der Waals surface area contributed by atoms with E-state index < -0.39 is 5.97 Å². The fraction of sp³-hybridized carbons (Fsp3) is 0.306. The molecule has 8 nitrogen and oxygen atoms in total. The molecule has 0 atom stereocenters. The van der Waals surface area contributed by atoms with E-state index >= 15 is 0 Å². The van der Waals surface area contributed by atoms with Crippen LogP contribution in [0.1, 0.15) is 50.8 Å². The van der Waals surface area contributed by atoms with Crippen LogP contribution in [0.25, 0.3) is 32.8 Å². The molecule has 0 aliphatic carbocycles. The number of thioether (sulfide) groups is 1. The van der Waals surface area contributed by atoms with Gasteiger partial charge >= 0.3 is 5.97 Å². The maximum absolute atomic E-state index is 12.7. The van der Waals surface area contributed by atoms with Gasteiger partial charge in [0.15, 0.2) is 0 Å². The Labute approximate surface area is 276 Å². The van der Waals surface area contributed by atoms with Crippen LogP contribution in [0.2, 0.25) is 5.02 Å². The number of carboxylic acids is 1. The zero-order valence-corrected chi connectivity index (χ0v) is 28.0. The van der Waals surface area contributed by atoms with Crippen LogP contribution in [0.5, 0.6) is 5.75 Å². The molecule has 1 N–H and O–H groups in total. The summed E-state index contributed by atoms with van der Waals surface area (Å²) in [6.45, 7) is 4.86. The first-order valence-corrected chi connectivity index (χ1v) is 17.1. The maximum Gasteiger partial charge on any atom is 0.352 e. The van der Waals surface area contributed by atoms with Gasteiger partial charge in [-0.2, -0.15) is 10.2 Å². The van der Waals surface area contributed by atoms with Crippen LogP contribution in [0.15, 0.2) is 54.6 Å². The van der Waals surface area contributed by atoms with Crippen molar-refractivity contribution in [3.63, 3.8) is 0 Å². The number of fused-ring (bicyclic) bond motifs is 8. The fourth-order valence-corrected chi connectivity index (χ4v) is 7.97. The van der Waals surface area contributed by atoms with E-state index in [1.54, 1.807) is 11.8 Å². The van der Waals surface area contributed by atoms with Crippen molar-refractivity contribution in [3.8, 4) is 16.9 Å². The number of benzene rings is 3. The van der Waals surface area contributed by atoms with Crippen LogP contribution >= 0.6 is 23.4 Å². The molecular weight excluding hydrogens is 618 g/mol. The Morgan fingerprint density at radius 3 is 2.63 bits per heavy atom. The van der Waals surface area contributed by atoms with Gasteiger partial charge < -0.3 is 14.4 Å². The van der Waals surface area contributed by atoms with Crippen LogP contribution in [0.4, 0.5) is 0 Å². The maximum atomic E-state index is 12.7. The van der Waals surface area contributed by atoms with Crippen molar-refractivity contribution in [2.24, 2.45) is 14.1 Å². The zero-order valence-electron chi connectivity index (χ0n) is 26.4. The first kappa shape index (κ1) is 30.4. The Morgan fingerprint density at radius 2 is 1.80 bits per heavy atom. The number of aryl methyl sites for hydroxylation is 6. The van der Waals surface area contributed by atoms with Gasteiger partial charge in [-0.25, -0.2) is 4.79 Å². The lowest BCUT2D eigenvalue weighted by molar-refractivity contribution is 0.0684. The normalized spacial score (nSPS) is 14.3. The Balaban J connectivity index is 1.36. The summed E-state index contributed by atoms with van der Waals surface area (Å²) in [4.78, 5) is 12.7. The minimum atomic E-state index is -0.960. The van der Waals surface area contributed by atoms with Gasteiger partial charge in [-0.3, -0.25) is 9.36 Å². The van der Waals surface area contributed by atoms with Crippen molar-refractivity contribution in [3.05, 3.63) is 99.2 Å². The monoisotopic (exact) mass is 653 g/mol. The van der Waals surface area contributed by atoms with Crippen molar-refractivity contribution in [2.45, 2.75) is 51.2 Å². The van der Waals surface area contributed by atoms with Gasteiger partial charge in [0.1, 0.15) is 11.4 Å². The van der Waals surface area contributed by atoms with Crippen LogP contribution < -0.4 is 4.74 Å². The van der Waals surface area contributed by atoms with Gasteiger partial charge in [0.05, 0.1) is 18.0 Å². The molecule has 0 saturated carbocycles. The van der Waals surface area contributed by atoms with E-state index in [-0.39, 0.29) is 5.69 Å². The summed E-state index contributed by atoms with van der Waals surface area (Å²) < 4.78 is 12.2. The Kier molecular flexibility index (Phi) is 8.07. The van der Waals surface area contributed by atoms with E-state index in [9.17, 15) is 9.90 Å². The van der Waals surface area contributed by atoms with E-state index in [0.717, 1.165) is 74.2 Å². The lowest BCUT2D eigenvalue weighted by Crippen LogP contribution is -2.12. The highest BCUT2D eigenvalue weighted by molar-refractivity contribution is 7.97. The predicted molar refractivity (Wildman–Crippen MR) is 185 cm³/mol. The first-order valence-electron chi connectivity index (χ1n) is 15.5. The molecule has 1 aliphatic heterocycles. The molecule has 3 aromatic heterocycles. The molecule has 7 rings (SSSR count). The average molecular weight is 654 g/mol. The van der Waals surface area contributed by atoms with Gasteiger partial charge in [0.2, 0.25) is 0 Å². The molecule has 0 amide bonds. The number of aromatic carboxylic acids is 1. The number of halogens is 1. The minimum absolute atomic E-state index is 0.275. The molecule has 6 aromatic rings. The molecule has 0 saturated heterocycles. The third-order valence-electron chi connectivity index (χ3n) is 9.14. The van der Waals surface area contributed by atoms with E-state index in [4.69, 9.17) is 26.5 Å². The van der Waals surface area contributed by atoms with Crippen LogP contribution in [0, 0.1) is 13.8 Å². The lowest BCUT2D eigenvalue weighted by Gasteiger charge is -2.14. The molecule has 236 valence electrons. The molecule has 0 spiro atoms. The van der Waals surface area contributed by atoms with E-state index in [1.165, 1.54) is 11.3 Å². The zero-order chi connectivity index (χ0) is 32.1. The fourth-order valence-electron chi connectivity index (χ4n) is 6.87. The number of aromatic nitrogens is 5. The van der Waals surface area contributed by atoms with Crippen LogP contribution in [-0.4, -0.2) is 41.8 Å². The van der Waals surface area contributed by atoms with E-state index in [1.807, 2.05) is 60.1 Å². The SMILES string of the molecule is Cc1c(C(=O)O)n2c3ccc(Cl)c(c13)-c1c(nn(C)c1C)CSCc1cc(n(C)n1)CCc1cc(c3ccccc3c1)OCCC2. The number of nitrogens with zero attached hydrogens (tertiary/aromatic N) is 5. The highest BCUT2D eigenvalue weighted by Crippen LogP contribution is 2.43. The summed E-state index contributed by atoms with van der Waals surface area (Å²) >= 11 is 8.75. The molecule has 0 radical (unpaired) electrons. The van der Waals surface area contributed by atoms with E-state index in [0.29, 0.717) is 35.9 Å². The number of hydrogen-bond acceptors (Lipinski definition) is 5. The van der Waals surface area contributed by atoms with Crippen LogP contribution in [-0.2, 0) is 45.0 Å². The summed E-state index contributed by atoms with van der Waals surface area (Å²) in [6.07, 6.45) is 2.36. The number of carboxylic acid groups (broad SMARTS) is 1. The van der Waals surface area contributed by atoms with E-state index in [2.05, 4.69) is 36.4 Å². The molecule has 10 heteroatoms. The summed E-state index contributed by atoms with van der Waals surface area (Å²) in [6, 6.07) is 18.7. The molecule has 46 heavy (non-hydrogen) atoms. The second-order valence-corrected chi connectivity index (χ2v) is 13.4. The molecule has 0 fully saturated rings. The Bertz CT molecular complexity index is 2140. The van der Waals surface area contributed by atoms with Crippen molar-refractivity contribution in [2.75, 3.05) is 6.61 Å². The van der Waals surface area contributed by atoms with Crippen molar-refractivity contribution >= 4 is 51.0 Å². The Morgan fingerprint density at radius 1 is 0.978 bits per heavy atom. The minimum Gasteiger partial charge on any atom is -0.493 e. The summed E-state index contributed by atoms with van der Waals surface area (Å²) in [7, 11) is 3.95. The van der Waals surface area contributed by atoms with Crippen molar-refractivity contribution in [1.29, 1.82) is 0 Å². The average Bonchev–Trinajstić information content (AvgIpc) is 3.63. The van der Waals surface area contributed by atoms with Gasteiger partial charge in [-0.15, -0.1) is 11.8 Å². The Hall–Kier alpha value is -4.21. The number of ether oxygens (including phenoxy) is 1. The summed E-state index contributed by atoms with van der Waals surface area (Å²) in [5.41, 5.74) is 8.95. The molecule has 3 aromatic carbocycles. The van der Waals surface area contributed by atoms with Crippen LogP contribution in [0.3, 0.4) is 0 Å². The smallest absolute Gasteiger partial charge is 0.352 e. The van der Waals surface area contributed by atoms with Gasteiger partial charge in [-0.1, -0.05) is 41.9 Å². The second kappa shape index (κ2) is 12.2. The number of carbonyl (C=O) groups is 1. The van der Waals surface area contributed by atoms with Gasteiger partial charge in [0.25, 0.3) is 0 Å². The molecule has 8 bridgehead atoms. The highest BCUT2D eigenvalue weighted by atomic mass is 35.5. The van der Waals surface area contributed by atoms with Gasteiger partial charge in [0, 0.05) is 76.0 Å².